The van der Waals surface area contributed by atoms with E-state index >= 15 is 0 Å². The van der Waals surface area contributed by atoms with E-state index < -0.39 is 0 Å². The van der Waals surface area contributed by atoms with Crippen molar-refractivity contribution in [1.82, 2.24) is 15.6 Å². The number of hydrogen-bond donors (Lipinski definition) is 2. The molecule has 0 saturated heterocycles. The first kappa shape index (κ1) is 22.7. The minimum absolute atomic E-state index is 0. The van der Waals surface area contributed by atoms with E-state index in [0.29, 0.717) is 6.54 Å². The molecular formula is C19H29IN4OS. The van der Waals surface area contributed by atoms with Crippen LogP contribution in [0.2, 0.25) is 0 Å². The number of rotatable bonds is 8. The van der Waals surface area contributed by atoms with Crippen LogP contribution in [0.25, 0.3) is 0 Å². The summed E-state index contributed by atoms with van der Waals surface area (Å²) in [5, 5.41) is 9.98. The molecule has 5 nitrogen and oxygen atoms in total. The summed E-state index contributed by atoms with van der Waals surface area (Å²) in [6.45, 7) is 8.46. The second-order valence-corrected chi connectivity index (χ2v) is 6.87. The summed E-state index contributed by atoms with van der Waals surface area (Å²) in [6.07, 6.45) is 2.03. The third kappa shape index (κ3) is 7.49. The Kier molecular flexibility index (Phi) is 10.6. The smallest absolute Gasteiger partial charge is 0.191 e. The fraction of sp³-hybridized carbons (Fsp3) is 0.474. The molecule has 2 N–H and O–H groups in total. The second kappa shape index (κ2) is 12.1. The zero-order valence-corrected chi connectivity index (χ0v) is 19.1. The van der Waals surface area contributed by atoms with Crippen molar-refractivity contribution in [1.29, 1.82) is 0 Å². The summed E-state index contributed by atoms with van der Waals surface area (Å²) >= 11 is 1.73. The first-order chi connectivity index (χ1) is 12.1. The number of aromatic nitrogens is 1. The predicted molar refractivity (Wildman–Crippen MR) is 121 cm³/mol. The molecule has 0 bridgehead atoms. The lowest BCUT2D eigenvalue weighted by molar-refractivity contribution is 0.409. The summed E-state index contributed by atoms with van der Waals surface area (Å²) in [5.41, 5.74) is 3.38. The third-order valence-electron chi connectivity index (χ3n) is 3.72. The predicted octanol–water partition coefficient (Wildman–Crippen LogP) is 4.07. The summed E-state index contributed by atoms with van der Waals surface area (Å²) in [7, 11) is 1.70. The molecule has 0 radical (unpaired) electrons. The van der Waals surface area contributed by atoms with Crippen molar-refractivity contribution in [2.24, 2.45) is 4.99 Å². The molecule has 1 heterocycles. The standard InChI is InChI=1S/C19H28N4OS.HI/c1-5-20-19(21-10-6-7-18-23-15(3)13-25-18)22-12-16-9-8-14(2)11-17(16)24-4;/h8-9,11,13H,5-7,10,12H2,1-4H3,(H2,20,21,22);1H. The molecule has 1 aromatic carbocycles. The maximum atomic E-state index is 5.45. The van der Waals surface area contributed by atoms with Crippen LogP contribution in [0.3, 0.4) is 0 Å². The van der Waals surface area contributed by atoms with Crippen molar-refractivity contribution in [3.63, 3.8) is 0 Å². The van der Waals surface area contributed by atoms with Crippen molar-refractivity contribution in [2.45, 2.75) is 40.2 Å². The first-order valence-corrected chi connectivity index (χ1v) is 9.57. The minimum atomic E-state index is 0. The van der Waals surface area contributed by atoms with Crippen LogP contribution in [0.4, 0.5) is 0 Å². The molecule has 0 spiro atoms. The van der Waals surface area contributed by atoms with E-state index in [1.807, 2.05) is 13.0 Å². The highest BCUT2D eigenvalue weighted by Gasteiger charge is 2.04. The van der Waals surface area contributed by atoms with E-state index in [2.05, 4.69) is 52.0 Å². The molecule has 0 amide bonds. The largest absolute Gasteiger partial charge is 0.496 e. The normalized spacial score (nSPS) is 11.0. The molecule has 1 aromatic heterocycles. The highest BCUT2D eigenvalue weighted by Crippen LogP contribution is 2.20. The highest BCUT2D eigenvalue weighted by atomic mass is 127. The Morgan fingerprint density at radius 2 is 2.08 bits per heavy atom. The highest BCUT2D eigenvalue weighted by molar-refractivity contribution is 14.0. The van der Waals surface area contributed by atoms with Crippen LogP contribution in [-0.4, -0.2) is 31.1 Å². The Bertz CT molecular complexity index is 703. The van der Waals surface area contributed by atoms with Crippen LogP contribution >= 0.6 is 35.3 Å². The first-order valence-electron chi connectivity index (χ1n) is 8.69. The molecule has 2 rings (SSSR count). The maximum Gasteiger partial charge on any atom is 0.191 e. The van der Waals surface area contributed by atoms with E-state index in [0.717, 1.165) is 48.9 Å². The van der Waals surface area contributed by atoms with E-state index in [-0.39, 0.29) is 24.0 Å². The van der Waals surface area contributed by atoms with Gasteiger partial charge in [0, 0.05) is 36.1 Å². The van der Waals surface area contributed by atoms with E-state index in [1.165, 1.54) is 10.6 Å². The fourth-order valence-electron chi connectivity index (χ4n) is 2.45. The topological polar surface area (TPSA) is 58.5 Å². The SMILES string of the molecule is CCNC(=NCc1ccc(C)cc1OC)NCCCc1nc(C)cs1.I. The van der Waals surface area contributed by atoms with Crippen LogP contribution in [0.5, 0.6) is 5.75 Å². The van der Waals surface area contributed by atoms with Crippen LogP contribution < -0.4 is 15.4 Å². The maximum absolute atomic E-state index is 5.45. The Morgan fingerprint density at radius 1 is 1.27 bits per heavy atom. The number of methoxy groups -OCH3 is 1. The molecule has 0 saturated carbocycles. The number of nitrogens with one attached hydrogen (secondary N) is 2. The average Bonchev–Trinajstić information content (AvgIpc) is 3.02. The number of ether oxygens (including phenoxy) is 1. The van der Waals surface area contributed by atoms with Gasteiger partial charge in [-0.15, -0.1) is 35.3 Å². The number of hydrogen-bond acceptors (Lipinski definition) is 4. The Hall–Kier alpha value is -1.35. The second-order valence-electron chi connectivity index (χ2n) is 5.92. The molecule has 0 atom stereocenters. The van der Waals surface area contributed by atoms with Crippen LogP contribution in [0, 0.1) is 13.8 Å². The molecule has 0 aliphatic carbocycles. The number of halogens is 1. The summed E-state index contributed by atoms with van der Waals surface area (Å²) in [4.78, 5) is 9.17. The number of benzene rings is 1. The lowest BCUT2D eigenvalue weighted by Crippen LogP contribution is -2.37. The number of aliphatic imine (C=N–C) groups is 1. The van der Waals surface area contributed by atoms with Gasteiger partial charge in [0.25, 0.3) is 0 Å². The van der Waals surface area contributed by atoms with Crippen LogP contribution in [-0.2, 0) is 13.0 Å². The molecule has 0 aliphatic rings. The summed E-state index contributed by atoms with van der Waals surface area (Å²) in [5.74, 6) is 1.72. The lowest BCUT2D eigenvalue weighted by Gasteiger charge is -2.12. The van der Waals surface area contributed by atoms with E-state index in [1.54, 1.807) is 18.4 Å². The van der Waals surface area contributed by atoms with Gasteiger partial charge in [0.05, 0.1) is 18.7 Å². The van der Waals surface area contributed by atoms with Gasteiger partial charge in [-0.3, -0.25) is 0 Å². The summed E-state index contributed by atoms with van der Waals surface area (Å²) < 4.78 is 5.45. The monoisotopic (exact) mass is 488 g/mol. The molecule has 0 fully saturated rings. The molecule has 0 unspecified atom stereocenters. The Morgan fingerprint density at radius 3 is 2.73 bits per heavy atom. The number of guanidine groups is 1. The number of thiazole rings is 1. The van der Waals surface area contributed by atoms with E-state index in [9.17, 15) is 0 Å². The quantitative estimate of drug-likeness (QED) is 0.255. The van der Waals surface area contributed by atoms with Crippen molar-refractivity contribution in [3.8, 4) is 5.75 Å². The van der Waals surface area contributed by atoms with Crippen LogP contribution in [0.15, 0.2) is 28.6 Å². The van der Waals surface area contributed by atoms with Gasteiger partial charge >= 0.3 is 0 Å². The molecular weight excluding hydrogens is 459 g/mol. The van der Waals surface area contributed by atoms with Crippen molar-refractivity contribution in [2.75, 3.05) is 20.2 Å². The van der Waals surface area contributed by atoms with Gasteiger partial charge in [-0.25, -0.2) is 9.98 Å². The van der Waals surface area contributed by atoms with Gasteiger partial charge in [-0.2, -0.15) is 0 Å². The van der Waals surface area contributed by atoms with E-state index in [4.69, 9.17) is 4.74 Å². The van der Waals surface area contributed by atoms with Crippen molar-refractivity contribution in [3.05, 3.63) is 45.4 Å². The van der Waals surface area contributed by atoms with Gasteiger partial charge in [0.1, 0.15) is 5.75 Å². The molecule has 144 valence electrons. The Labute approximate surface area is 177 Å². The number of nitrogens with zero attached hydrogens (tertiary/aromatic N) is 2. The van der Waals surface area contributed by atoms with Gasteiger partial charge in [0.2, 0.25) is 0 Å². The fourth-order valence-corrected chi connectivity index (χ4v) is 3.27. The van der Waals surface area contributed by atoms with Crippen molar-refractivity contribution < 1.29 is 4.74 Å². The van der Waals surface area contributed by atoms with Gasteiger partial charge in [-0.05, 0) is 38.8 Å². The molecule has 26 heavy (non-hydrogen) atoms. The number of aryl methyl sites for hydroxylation is 3. The average molecular weight is 488 g/mol. The van der Waals surface area contributed by atoms with Gasteiger partial charge < -0.3 is 15.4 Å². The Balaban J connectivity index is 0.00000338. The lowest BCUT2D eigenvalue weighted by atomic mass is 10.1. The molecule has 0 aliphatic heterocycles. The zero-order chi connectivity index (χ0) is 18.1. The third-order valence-corrected chi connectivity index (χ3v) is 4.75. The molecule has 7 heteroatoms. The van der Waals surface area contributed by atoms with Crippen molar-refractivity contribution >= 4 is 41.3 Å². The van der Waals surface area contributed by atoms with Gasteiger partial charge in [0.15, 0.2) is 5.96 Å². The minimum Gasteiger partial charge on any atom is -0.496 e. The zero-order valence-electron chi connectivity index (χ0n) is 16.0. The van der Waals surface area contributed by atoms with Crippen LogP contribution in [0.1, 0.15) is 35.2 Å². The molecule has 2 aromatic rings. The summed E-state index contributed by atoms with van der Waals surface area (Å²) in [6, 6.07) is 6.21. The van der Waals surface area contributed by atoms with Gasteiger partial charge in [-0.1, -0.05) is 12.1 Å².